The van der Waals surface area contributed by atoms with Crippen LogP contribution in [0.5, 0.6) is 0 Å². The number of benzene rings is 1. The summed E-state index contributed by atoms with van der Waals surface area (Å²) >= 11 is 0. The lowest BCUT2D eigenvalue weighted by molar-refractivity contribution is -0.386. The molecule has 1 saturated heterocycles. The van der Waals surface area contributed by atoms with E-state index in [1.54, 1.807) is 6.07 Å². The zero-order valence-corrected chi connectivity index (χ0v) is 11.6. The molecule has 0 bridgehead atoms. The van der Waals surface area contributed by atoms with Crippen LogP contribution < -0.4 is 0 Å². The molecule has 0 saturated carbocycles. The number of hydrogen-bond donors (Lipinski definition) is 1. The number of carboxylic acids is 1. The lowest BCUT2D eigenvalue weighted by Crippen LogP contribution is -2.31. The summed E-state index contributed by atoms with van der Waals surface area (Å²) in [6, 6.07) is 5.23. The van der Waals surface area contributed by atoms with Crippen molar-refractivity contribution in [1.82, 2.24) is 4.90 Å². The predicted octanol–water partition coefficient (Wildman–Crippen LogP) is 1.98. The van der Waals surface area contributed by atoms with Gasteiger partial charge in [-0.25, -0.2) is 0 Å². The molecule has 1 aliphatic heterocycles. The summed E-state index contributed by atoms with van der Waals surface area (Å²) < 4.78 is 0. The van der Waals surface area contributed by atoms with Crippen LogP contribution in [0.2, 0.25) is 0 Å². The molecule has 1 aromatic rings. The second-order valence-corrected chi connectivity index (χ2v) is 5.00. The van der Waals surface area contributed by atoms with Gasteiger partial charge in [0.05, 0.1) is 22.4 Å². The molecule has 1 heterocycles. The van der Waals surface area contributed by atoms with Crippen molar-refractivity contribution in [2.45, 2.75) is 25.8 Å². The van der Waals surface area contributed by atoms with Gasteiger partial charge in [0, 0.05) is 19.0 Å². The Labute approximate surface area is 121 Å². The Bertz CT molecular complexity index is 586. The van der Waals surface area contributed by atoms with E-state index in [1.165, 1.54) is 23.1 Å². The van der Waals surface area contributed by atoms with Crippen LogP contribution in [-0.2, 0) is 9.59 Å². The molecule has 7 heteroatoms. The van der Waals surface area contributed by atoms with Crippen LogP contribution in [0.1, 0.15) is 31.4 Å². The van der Waals surface area contributed by atoms with E-state index in [0.29, 0.717) is 13.0 Å². The number of rotatable bonds is 5. The van der Waals surface area contributed by atoms with Crippen molar-refractivity contribution < 1.29 is 19.6 Å². The summed E-state index contributed by atoms with van der Waals surface area (Å²) in [7, 11) is 0. The number of nitro benzene ring substituents is 1. The maximum Gasteiger partial charge on any atom is 0.309 e. The first-order valence-electron chi connectivity index (χ1n) is 6.73. The Morgan fingerprint density at radius 2 is 2.14 bits per heavy atom. The molecule has 1 aromatic carbocycles. The number of amides is 1. The normalized spacial score (nSPS) is 21.6. The quantitative estimate of drug-likeness (QED) is 0.660. The lowest BCUT2D eigenvalue weighted by atomic mass is 9.92. The average Bonchev–Trinajstić information content (AvgIpc) is 2.77. The second-order valence-electron chi connectivity index (χ2n) is 5.00. The molecular weight excluding hydrogens is 276 g/mol. The van der Waals surface area contributed by atoms with Gasteiger partial charge in [-0.15, -0.1) is 0 Å². The number of aliphatic carboxylic acids is 1. The third-order valence-corrected chi connectivity index (χ3v) is 3.67. The largest absolute Gasteiger partial charge is 0.481 e. The van der Waals surface area contributed by atoms with Crippen molar-refractivity contribution in [1.29, 1.82) is 0 Å². The summed E-state index contributed by atoms with van der Waals surface area (Å²) in [6.45, 7) is 2.26. The van der Waals surface area contributed by atoms with Crippen molar-refractivity contribution in [2.24, 2.45) is 5.92 Å². The highest BCUT2D eigenvalue weighted by Crippen LogP contribution is 2.41. The topological polar surface area (TPSA) is 101 Å². The van der Waals surface area contributed by atoms with E-state index in [4.69, 9.17) is 0 Å². The van der Waals surface area contributed by atoms with E-state index in [9.17, 15) is 24.8 Å². The van der Waals surface area contributed by atoms with Crippen LogP contribution in [0.4, 0.5) is 5.69 Å². The van der Waals surface area contributed by atoms with Crippen LogP contribution >= 0.6 is 0 Å². The summed E-state index contributed by atoms with van der Waals surface area (Å²) in [5, 5.41) is 20.5. The van der Waals surface area contributed by atoms with Crippen molar-refractivity contribution in [3.63, 3.8) is 0 Å². The maximum absolute atomic E-state index is 12.0. The van der Waals surface area contributed by atoms with E-state index in [-0.39, 0.29) is 23.6 Å². The number of carboxylic acid groups (broad SMARTS) is 1. The third-order valence-electron chi connectivity index (χ3n) is 3.67. The molecule has 0 aromatic heterocycles. The molecule has 7 nitrogen and oxygen atoms in total. The first-order valence-corrected chi connectivity index (χ1v) is 6.73. The SMILES string of the molecule is CCCN1C(=O)CC(C(=O)O)C1c1ccccc1[N+](=O)[O-]. The summed E-state index contributed by atoms with van der Waals surface area (Å²) in [5.74, 6) is -2.33. The molecule has 2 atom stereocenters. The molecule has 0 aliphatic carbocycles. The summed E-state index contributed by atoms with van der Waals surface area (Å²) in [4.78, 5) is 35.5. The Balaban J connectivity index is 2.52. The van der Waals surface area contributed by atoms with Gasteiger partial charge in [0.1, 0.15) is 0 Å². The van der Waals surface area contributed by atoms with Crippen LogP contribution in [-0.4, -0.2) is 33.4 Å². The standard InChI is InChI=1S/C14H16N2O5/c1-2-7-15-12(17)8-10(14(18)19)13(15)9-5-3-4-6-11(9)16(20)21/h3-6,10,13H,2,7-8H2,1H3,(H,18,19). The minimum atomic E-state index is -1.11. The van der Waals surface area contributed by atoms with E-state index in [1.807, 2.05) is 6.92 Å². The van der Waals surface area contributed by atoms with E-state index >= 15 is 0 Å². The van der Waals surface area contributed by atoms with Crippen LogP contribution in [0.25, 0.3) is 0 Å². The summed E-state index contributed by atoms with van der Waals surface area (Å²) in [6.07, 6.45) is 0.543. The van der Waals surface area contributed by atoms with Gasteiger partial charge in [-0.2, -0.15) is 0 Å². The minimum Gasteiger partial charge on any atom is -0.481 e. The van der Waals surface area contributed by atoms with E-state index in [0.717, 1.165) is 0 Å². The monoisotopic (exact) mass is 292 g/mol. The molecule has 1 amide bonds. The number of hydrogen-bond acceptors (Lipinski definition) is 4. The Hall–Kier alpha value is -2.44. The Morgan fingerprint density at radius 3 is 2.71 bits per heavy atom. The number of carbonyl (C=O) groups is 2. The highest BCUT2D eigenvalue weighted by Gasteiger charge is 2.46. The molecule has 2 rings (SSSR count). The number of nitro groups is 1. The fourth-order valence-electron chi connectivity index (χ4n) is 2.80. The lowest BCUT2D eigenvalue weighted by Gasteiger charge is -2.26. The van der Waals surface area contributed by atoms with Gasteiger partial charge >= 0.3 is 5.97 Å². The molecule has 1 aliphatic rings. The fourth-order valence-corrected chi connectivity index (χ4v) is 2.80. The van der Waals surface area contributed by atoms with Gasteiger partial charge in [0.25, 0.3) is 5.69 Å². The van der Waals surface area contributed by atoms with Gasteiger partial charge in [0.2, 0.25) is 5.91 Å². The maximum atomic E-state index is 12.0. The van der Waals surface area contributed by atoms with Crippen molar-refractivity contribution >= 4 is 17.6 Å². The second kappa shape index (κ2) is 5.90. The van der Waals surface area contributed by atoms with Gasteiger partial charge in [0.15, 0.2) is 0 Å². The predicted molar refractivity (Wildman–Crippen MR) is 73.6 cm³/mol. The van der Waals surface area contributed by atoms with E-state index < -0.39 is 22.9 Å². The highest BCUT2D eigenvalue weighted by molar-refractivity contribution is 5.87. The zero-order valence-electron chi connectivity index (χ0n) is 11.6. The molecule has 1 N–H and O–H groups in total. The van der Waals surface area contributed by atoms with Crippen LogP contribution in [0.15, 0.2) is 24.3 Å². The first kappa shape index (κ1) is 15.0. The first-order chi connectivity index (χ1) is 9.97. The zero-order chi connectivity index (χ0) is 15.6. The molecule has 112 valence electrons. The molecule has 0 radical (unpaired) electrons. The molecule has 1 fully saturated rings. The van der Waals surface area contributed by atoms with Crippen molar-refractivity contribution in [2.75, 3.05) is 6.54 Å². The fraction of sp³-hybridized carbons (Fsp3) is 0.429. The van der Waals surface area contributed by atoms with Crippen molar-refractivity contribution in [3.05, 3.63) is 39.9 Å². The number of para-hydroxylation sites is 1. The molecule has 0 spiro atoms. The molecule has 2 unspecified atom stereocenters. The Morgan fingerprint density at radius 1 is 1.48 bits per heavy atom. The highest BCUT2D eigenvalue weighted by atomic mass is 16.6. The third kappa shape index (κ3) is 2.72. The smallest absolute Gasteiger partial charge is 0.309 e. The Kier molecular flexibility index (Phi) is 4.21. The minimum absolute atomic E-state index is 0.119. The summed E-state index contributed by atoms with van der Waals surface area (Å²) in [5.41, 5.74) is 0.138. The van der Waals surface area contributed by atoms with Gasteiger partial charge in [-0.3, -0.25) is 19.7 Å². The van der Waals surface area contributed by atoms with Gasteiger partial charge in [-0.1, -0.05) is 25.1 Å². The number of carbonyl (C=O) groups excluding carboxylic acids is 1. The van der Waals surface area contributed by atoms with E-state index in [2.05, 4.69) is 0 Å². The van der Waals surface area contributed by atoms with Crippen LogP contribution in [0, 0.1) is 16.0 Å². The van der Waals surface area contributed by atoms with Gasteiger partial charge in [-0.05, 0) is 6.42 Å². The van der Waals surface area contributed by atoms with Gasteiger partial charge < -0.3 is 10.0 Å². The average molecular weight is 292 g/mol. The number of nitrogens with zero attached hydrogens (tertiary/aromatic N) is 2. The molecular formula is C14H16N2O5. The van der Waals surface area contributed by atoms with Crippen molar-refractivity contribution in [3.8, 4) is 0 Å². The van der Waals surface area contributed by atoms with Crippen LogP contribution in [0.3, 0.4) is 0 Å². The molecule has 21 heavy (non-hydrogen) atoms. The number of likely N-dealkylation sites (tertiary alicyclic amines) is 1.